The predicted molar refractivity (Wildman–Crippen MR) is 127 cm³/mol. The molecule has 0 rings (SSSR count). The van der Waals surface area contributed by atoms with Gasteiger partial charge in [-0.3, -0.25) is 19.2 Å². The van der Waals surface area contributed by atoms with Gasteiger partial charge in [-0.2, -0.15) is 0 Å². The van der Waals surface area contributed by atoms with Gasteiger partial charge in [-0.05, 0) is 58.5 Å². The molecule has 0 fully saturated rings. The molecule has 0 aliphatic rings. The number of hydrogen-bond donors (Lipinski definition) is 9. The topological polar surface area (TPSA) is 266 Å². The lowest BCUT2D eigenvalue weighted by Crippen LogP contribution is -2.59. The number of hydrogen-bond acceptors (Lipinski definition) is 9. The second-order valence-electron chi connectivity index (χ2n) is 8.37. The predicted octanol–water partition coefficient (Wildman–Crippen LogP) is -3.24. The number of aliphatic hydroxyl groups excluding tert-OH is 1. The maximum Gasteiger partial charge on any atom is 0.326 e. The molecule has 0 aromatic carbocycles. The number of nitrogens with one attached hydrogen (secondary N) is 3. The highest BCUT2D eigenvalue weighted by Gasteiger charge is 2.32. The molecule has 13 N–H and O–H groups in total. The third-order valence-electron chi connectivity index (χ3n) is 5.24. The maximum absolute atomic E-state index is 12.8. The van der Waals surface area contributed by atoms with Crippen molar-refractivity contribution in [1.82, 2.24) is 16.0 Å². The number of carboxylic acid groups (broad SMARTS) is 1. The molecule has 5 atom stereocenters. The van der Waals surface area contributed by atoms with E-state index in [1.165, 1.54) is 6.92 Å². The van der Waals surface area contributed by atoms with Crippen LogP contribution >= 0.6 is 0 Å². The Labute approximate surface area is 204 Å². The first-order chi connectivity index (χ1) is 16.4. The van der Waals surface area contributed by atoms with Crippen molar-refractivity contribution >= 4 is 29.6 Å². The lowest BCUT2D eigenvalue weighted by molar-refractivity contribution is -0.142. The quantitative estimate of drug-likeness (QED) is 0.0794. The van der Waals surface area contributed by atoms with Gasteiger partial charge >= 0.3 is 5.97 Å². The standard InChI is InChI=1S/C21H41N7O7/c1-12(29)17(28-18(31)13(24)6-2-4-10-22)20(33)26-14(8-9-16(25)30)19(32)27-15(21(34)35)7-3-5-11-23/h12-15,17,29H,2-11,22-24H2,1H3,(H2,25,30)(H,26,33)(H,27,32)(H,28,31)(H,34,35). The first-order valence-corrected chi connectivity index (χ1v) is 11.7. The van der Waals surface area contributed by atoms with Crippen molar-refractivity contribution in [3.8, 4) is 0 Å². The Morgan fingerprint density at radius 2 is 1.31 bits per heavy atom. The second kappa shape index (κ2) is 17.6. The van der Waals surface area contributed by atoms with Gasteiger partial charge in [0.15, 0.2) is 0 Å². The van der Waals surface area contributed by atoms with Crippen LogP contribution in [0, 0.1) is 0 Å². The smallest absolute Gasteiger partial charge is 0.326 e. The van der Waals surface area contributed by atoms with Crippen molar-refractivity contribution in [1.29, 1.82) is 0 Å². The summed E-state index contributed by atoms with van der Waals surface area (Å²) < 4.78 is 0. The van der Waals surface area contributed by atoms with Gasteiger partial charge in [0.1, 0.15) is 18.1 Å². The van der Waals surface area contributed by atoms with E-state index >= 15 is 0 Å². The Morgan fingerprint density at radius 3 is 1.80 bits per heavy atom. The third kappa shape index (κ3) is 13.6. The average Bonchev–Trinajstić information content (AvgIpc) is 2.78. The average molecular weight is 504 g/mol. The summed E-state index contributed by atoms with van der Waals surface area (Å²) in [6.07, 6.45) is 0.869. The Kier molecular flexibility index (Phi) is 16.2. The number of primary amides is 1. The SMILES string of the molecule is CC(O)C(NC(=O)C(N)CCCCN)C(=O)NC(CCC(N)=O)C(=O)NC(CCCCN)C(=O)O. The monoisotopic (exact) mass is 503 g/mol. The van der Waals surface area contributed by atoms with E-state index in [2.05, 4.69) is 16.0 Å². The fourth-order valence-electron chi connectivity index (χ4n) is 3.14. The molecule has 14 heteroatoms. The molecule has 0 spiro atoms. The molecule has 0 bridgehead atoms. The molecule has 0 aromatic rings. The van der Waals surface area contributed by atoms with Crippen LogP contribution in [0.5, 0.6) is 0 Å². The largest absolute Gasteiger partial charge is 0.480 e. The van der Waals surface area contributed by atoms with Gasteiger partial charge < -0.3 is 49.1 Å². The summed E-state index contributed by atoms with van der Waals surface area (Å²) in [5, 5.41) is 26.5. The summed E-state index contributed by atoms with van der Waals surface area (Å²) in [5.41, 5.74) is 21.8. The highest BCUT2D eigenvalue weighted by atomic mass is 16.4. The van der Waals surface area contributed by atoms with Gasteiger partial charge in [0, 0.05) is 6.42 Å². The Balaban J connectivity index is 5.38. The summed E-state index contributed by atoms with van der Waals surface area (Å²) >= 11 is 0. The van der Waals surface area contributed by atoms with Crippen LogP contribution < -0.4 is 38.9 Å². The third-order valence-corrected chi connectivity index (χ3v) is 5.24. The van der Waals surface area contributed by atoms with Gasteiger partial charge in [0.05, 0.1) is 12.1 Å². The Bertz CT molecular complexity index is 706. The second-order valence-corrected chi connectivity index (χ2v) is 8.37. The Hall–Kier alpha value is -2.81. The van der Waals surface area contributed by atoms with Crippen LogP contribution in [0.4, 0.5) is 0 Å². The van der Waals surface area contributed by atoms with E-state index < -0.39 is 59.9 Å². The van der Waals surface area contributed by atoms with Crippen molar-refractivity contribution in [2.24, 2.45) is 22.9 Å². The number of rotatable bonds is 19. The number of nitrogens with two attached hydrogens (primary N) is 4. The molecule has 5 unspecified atom stereocenters. The number of carbonyl (C=O) groups is 5. The highest BCUT2D eigenvalue weighted by Crippen LogP contribution is 2.06. The molecule has 14 nitrogen and oxygen atoms in total. The molecule has 0 saturated carbocycles. The lowest BCUT2D eigenvalue weighted by Gasteiger charge is -2.26. The van der Waals surface area contributed by atoms with Gasteiger partial charge in [0.2, 0.25) is 23.6 Å². The summed E-state index contributed by atoms with van der Waals surface area (Å²) in [6, 6.07) is -4.97. The fourth-order valence-corrected chi connectivity index (χ4v) is 3.14. The number of unbranched alkanes of at least 4 members (excludes halogenated alkanes) is 2. The fraction of sp³-hybridized carbons (Fsp3) is 0.762. The van der Waals surface area contributed by atoms with Crippen molar-refractivity contribution in [2.75, 3.05) is 13.1 Å². The molecule has 0 aliphatic heterocycles. The van der Waals surface area contributed by atoms with E-state index in [0.29, 0.717) is 45.2 Å². The first kappa shape index (κ1) is 32.2. The van der Waals surface area contributed by atoms with Crippen LogP contribution in [0.1, 0.15) is 58.3 Å². The zero-order chi connectivity index (χ0) is 27.0. The molecule has 0 heterocycles. The van der Waals surface area contributed by atoms with Crippen molar-refractivity contribution < 1.29 is 34.2 Å². The molecule has 0 aromatic heterocycles. The number of aliphatic hydroxyl groups is 1. The summed E-state index contributed by atoms with van der Waals surface area (Å²) in [6.45, 7) is 2.07. The zero-order valence-electron chi connectivity index (χ0n) is 20.2. The van der Waals surface area contributed by atoms with Crippen molar-refractivity contribution in [3.05, 3.63) is 0 Å². The number of aliphatic carboxylic acids is 1. The molecule has 0 saturated heterocycles. The minimum atomic E-state index is -1.45. The van der Waals surface area contributed by atoms with Gasteiger partial charge in [-0.1, -0.05) is 6.42 Å². The van der Waals surface area contributed by atoms with Crippen molar-refractivity contribution in [3.63, 3.8) is 0 Å². The number of amides is 4. The van der Waals surface area contributed by atoms with E-state index in [-0.39, 0.29) is 19.3 Å². The molecule has 4 amide bonds. The Morgan fingerprint density at radius 1 is 0.771 bits per heavy atom. The lowest BCUT2D eigenvalue weighted by atomic mass is 10.0. The van der Waals surface area contributed by atoms with E-state index in [1.54, 1.807) is 0 Å². The zero-order valence-corrected chi connectivity index (χ0v) is 20.2. The van der Waals surface area contributed by atoms with E-state index in [9.17, 15) is 34.2 Å². The molecule has 35 heavy (non-hydrogen) atoms. The summed E-state index contributed by atoms with van der Waals surface area (Å²) in [5.74, 6) is -4.45. The maximum atomic E-state index is 12.8. The first-order valence-electron chi connectivity index (χ1n) is 11.7. The van der Waals surface area contributed by atoms with Crippen LogP contribution in [0.3, 0.4) is 0 Å². The minimum absolute atomic E-state index is 0.114. The summed E-state index contributed by atoms with van der Waals surface area (Å²) in [4.78, 5) is 60.7. The molecular weight excluding hydrogens is 462 g/mol. The number of carboxylic acids is 1. The van der Waals surface area contributed by atoms with Gasteiger partial charge in [-0.25, -0.2) is 4.79 Å². The van der Waals surface area contributed by atoms with E-state index in [0.717, 1.165) is 0 Å². The van der Waals surface area contributed by atoms with Crippen LogP contribution in [0.25, 0.3) is 0 Å². The molecule has 202 valence electrons. The molecule has 0 aliphatic carbocycles. The van der Waals surface area contributed by atoms with Gasteiger partial charge in [0.25, 0.3) is 0 Å². The van der Waals surface area contributed by atoms with E-state index in [1.807, 2.05) is 0 Å². The molecule has 0 radical (unpaired) electrons. The molecular formula is C21H41N7O7. The van der Waals surface area contributed by atoms with Crippen molar-refractivity contribution in [2.45, 2.75) is 88.6 Å². The number of carbonyl (C=O) groups excluding carboxylic acids is 4. The highest BCUT2D eigenvalue weighted by molar-refractivity contribution is 5.94. The summed E-state index contributed by atoms with van der Waals surface area (Å²) in [7, 11) is 0. The van der Waals surface area contributed by atoms with Crippen LogP contribution in [-0.4, -0.2) is 83.2 Å². The van der Waals surface area contributed by atoms with Crippen LogP contribution in [0.2, 0.25) is 0 Å². The van der Waals surface area contributed by atoms with Crippen LogP contribution in [0.15, 0.2) is 0 Å². The normalized spacial score (nSPS) is 15.2. The van der Waals surface area contributed by atoms with Crippen LogP contribution in [-0.2, 0) is 24.0 Å². The van der Waals surface area contributed by atoms with Gasteiger partial charge in [-0.15, -0.1) is 0 Å². The van der Waals surface area contributed by atoms with E-state index in [4.69, 9.17) is 22.9 Å². The minimum Gasteiger partial charge on any atom is -0.480 e.